The molecule has 2 aromatic rings. The quantitative estimate of drug-likeness (QED) is 0.563. The molecule has 0 aliphatic carbocycles. The van der Waals surface area contributed by atoms with Crippen molar-refractivity contribution in [1.82, 2.24) is 15.2 Å². The van der Waals surface area contributed by atoms with Gasteiger partial charge in [-0.15, -0.1) is 0 Å². The third kappa shape index (κ3) is 5.01. The Bertz CT molecular complexity index is 683. The summed E-state index contributed by atoms with van der Waals surface area (Å²) in [6, 6.07) is 7.65. The maximum absolute atomic E-state index is 12.1. The highest BCUT2D eigenvalue weighted by molar-refractivity contribution is 8.77. The number of hydrogen-bond donors (Lipinski definition) is 2. The van der Waals surface area contributed by atoms with Crippen LogP contribution >= 0.6 is 21.6 Å². The van der Waals surface area contributed by atoms with Gasteiger partial charge >= 0.3 is 0 Å². The molecule has 128 valence electrons. The fraction of sp³-hybridized carbons (Fsp3) is 0.471. The van der Waals surface area contributed by atoms with Crippen molar-refractivity contribution in [1.29, 1.82) is 0 Å². The Hall–Kier alpha value is -1.47. The number of nitrogens with one attached hydrogen (secondary N) is 2. The molecule has 1 amide bonds. The average Bonchev–Trinajstić information content (AvgIpc) is 3.23. The highest BCUT2D eigenvalue weighted by Crippen LogP contribution is 2.39. The van der Waals surface area contributed by atoms with Gasteiger partial charge in [-0.25, -0.2) is 4.98 Å². The predicted octanol–water partition coefficient (Wildman–Crippen LogP) is 4.43. The first-order valence-electron chi connectivity index (χ1n) is 8.28. The number of unbranched alkanes of at least 4 members (excludes halogenated alkanes) is 1. The largest absolute Gasteiger partial charge is 0.326 e. The van der Waals surface area contributed by atoms with Crippen LogP contribution in [0, 0.1) is 6.92 Å². The number of carbonyl (C=O) groups excluding carboxylic acids is 1. The van der Waals surface area contributed by atoms with Crippen molar-refractivity contribution in [2.75, 3.05) is 11.1 Å². The van der Waals surface area contributed by atoms with Crippen LogP contribution in [-0.2, 0) is 4.79 Å². The molecule has 1 saturated heterocycles. The van der Waals surface area contributed by atoms with E-state index in [9.17, 15) is 4.79 Å². The Morgan fingerprint density at radius 2 is 2.33 bits per heavy atom. The monoisotopic (exact) mass is 362 g/mol. The SMILES string of the molecule is Cc1nc(-c2cccc(NC(=O)CCCCC3CCSS3)c2)n[nH]1. The van der Waals surface area contributed by atoms with Gasteiger partial charge in [-0.05, 0) is 38.3 Å². The number of benzene rings is 1. The van der Waals surface area contributed by atoms with Gasteiger partial charge in [0.2, 0.25) is 5.91 Å². The summed E-state index contributed by atoms with van der Waals surface area (Å²) in [5, 5.41) is 10.7. The van der Waals surface area contributed by atoms with E-state index in [1.807, 2.05) is 52.8 Å². The van der Waals surface area contributed by atoms with Crippen molar-refractivity contribution in [3.8, 4) is 11.4 Å². The third-order valence-corrected chi connectivity index (χ3v) is 6.92. The van der Waals surface area contributed by atoms with Gasteiger partial charge in [0.1, 0.15) is 5.82 Å². The second kappa shape index (κ2) is 8.58. The Balaban J connectivity index is 1.45. The lowest BCUT2D eigenvalue weighted by molar-refractivity contribution is -0.116. The van der Waals surface area contributed by atoms with Crippen LogP contribution in [0.3, 0.4) is 0 Å². The molecule has 0 radical (unpaired) electrons. The van der Waals surface area contributed by atoms with Crippen LogP contribution < -0.4 is 5.32 Å². The molecule has 1 unspecified atom stereocenters. The molecule has 1 fully saturated rings. The number of nitrogens with zero attached hydrogens (tertiary/aromatic N) is 2. The number of H-pyrrole nitrogens is 1. The number of hydrogen-bond acceptors (Lipinski definition) is 5. The van der Waals surface area contributed by atoms with Gasteiger partial charge in [0, 0.05) is 28.7 Å². The molecule has 2 N–H and O–H groups in total. The molecular formula is C17H22N4OS2. The van der Waals surface area contributed by atoms with Gasteiger partial charge in [0.25, 0.3) is 0 Å². The molecule has 1 aliphatic heterocycles. The minimum Gasteiger partial charge on any atom is -0.326 e. The minimum absolute atomic E-state index is 0.0757. The zero-order valence-corrected chi connectivity index (χ0v) is 15.4. The molecule has 1 atom stereocenters. The fourth-order valence-electron chi connectivity index (χ4n) is 2.65. The van der Waals surface area contributed by atoms with Crippen LogP contribution in [0.5, 0.6) is 0 Å². The zero-order chi connectivity index (χ0) is 16.8. The van der Waals surface area contributed by atoms with E-state index in [2.05, 4.69) is 20.5 Å². The van der Waals surface area contributed by atoms with Crippen molar-refractivity contribution >= 4 is 33.2 Å². The summed E-state index contributed by atoms with van der Waals surface area (Å²) in [7, 11) is 3.98. The summed E-state index contributed by atoms with van der Waals surface area (Å²) in [4.78, 5) is 16.4. The molecule has 24 heavy (non-hydrogen) atoms. The standard InChI is InChI=1S/C17H22N4OS2/c1-12-18-17(21-20-12)13-5-4-6-14(11-13)19-16(22)8-3-2-7-15-9-10-23-24-15/h4-6,11,15H,2-3,7-10H2,1H3,(H,19,22)(H,18,20,21). The Kier molecular flexibility index (Phi) is 6.20. The summed E-state index contributed by atoms with van der Waals surface area (Å²) in [6.45, 7) is 1.87. The number of amides is 1. The van der Waals surface area contributed by atoms with Crippen LogP contribution in [0.2, 0.25) is 0 Å². The molecule has 7 heteroatoms. The summed E-state index contributed by atoms with van der Waals surface area (Å²) in [5.74, 6) is 2.77. The highest BCUT2D eigenvalue weighted by Gasteiger charge is 2.15. The van der Waals surface area contributed by atoms with E-state index in [-0.39, 0.29) is 5.91 Å². The summed E-state index contributed by atoms with van der Waals surface area (Å²) < 4.78 is 0. The molecule has 1 aromatic heterocycles. The second-order valence-corrected chi connectivity index (χ2v) is 8.74. The van der Waals surface area contributed by atoms with Crippen molar-refractivity contribution < 1.29 is 4.79 Å². The van der Waals surface area contributed by atoms with Gasteiger partial charge in [-0.1, -0.05) is 40.1 Å². The van der Waals surface area contributed by atoms with Gasteiger partial charge in [-0.2, -0.15) is 5.10 Å². The van der Waals surface area contributed by atoms with Gasteiger partial charge in [-0.3, -0.25) is 9.89 Å². The topological polar surface area (TPSA) is 70.7 Å². The lowest BCUT2D eigenvalue weighted by atomic mass is 10.1. The highest BCUT2D eigenvalue weighted by atomic mass is 33.1. The fourth-order valence-corrected chi connectivity index (χ4v) is 5.68. The van der Waals surface area contributed by atoms with Gasteiger partial charge < -0.3 is 5.32 Å². The van der Waals surface area contributed by atoms with Crippen molar-refractivity contribution in [3.63, 3.8) is 0 Å². The molecule has 5 nitrogen and oxygen atoms in total. The molecule has 1 aliphatic rings. The van der Waals surface area contributed by atoms with Crippen molar-refractivity contribution in [3.05, 3.63) is 30.1 Å². The molecule has 3 rings (SSSR count). The van der Waals surface area contributed by atoms with Crippen LogP contribution in [0.4, 0.5) is 5.69 Å². The van der Waals surface area contributed by atoms with Gasteiger partial charge in [0.05, 0.1) is 0 Å². The Morgan fingerprint density at radius 3 is 3.08 bits per heavy atom. The molecular weight excluding hydrogens is 340 g/mol. The summed E-state index contributed by atoms with van der Waals surface area (Å²) in [5.41, 5.74) is 1.69. The number of aromatic nitrogens is 3. The van der Waals surface area contributed by atoms with Crippen LogP contribution in [0.25, 0.3) is 11.4 Å². The van der Waals surface area contributed by atoms with E-state index < -0.39 is 0 Å². The molecule has 2 heterocycles. The van der Waals surface area contributed by atoms with E-state index in [4.69, 9.17) is 0 Å². The summed E-state index contributed by atoms with van der Waals surface area (Å²) >= 11 is 0. The van der Waals surface area contributed by atoms with E-state index in [0.717, 1.165) is 35.2 Å². The van der Waals surface area contributed by atoms with E-state index in [1.54, 1.807) is 0 Å². The smallest absolute Gasteiger partial charge is 0.224 e. The first-order valence-corrected chi connectivity index (χ1v) is 10.7. The first-order chi connectivity index (χ1) is 11.7. The third-order valence-electron chi connectivity index (χ3n) is 3.91. The van der Waals surface area contributed by atoms with Crippen molar-refractivity contribution in [2.45, 2.75) is 44.3 Å². The van der Waals surface area contributed by atoms with Gasteiger partial charge in [0.15, 0.2) is 5.82 Å². The van der Waals surface area contributed by atoms with E-state index in [1.165, 1.54) is 18.6 Å². The lowest BCUT2D eigenvalue weighted by Gasteiger charge is -2.08. The first kappa shape index (κ1) is 17.4. The zero-order valence-electron chi connectivity index (χ0n) is 13.7. The number of aryl methyl sites for hydroxylation is 1. The molecule has 1 aromatic carbocycles. The van der Waals surface area contributed by atoms with E-state index in [0.29, 0.717) is 12.2 Å². The number of anilines is 1. The lowest BCUT2D eigenvalue weighted by Crippen LogP contribution is -2.11. The summed E-state index contributed by atoms with van der Waals surface area (Å²) in [6.07, 6.45) is 5.20. The maximum Gasteiger partial charge on any atom is 0.224 e. The number of aromatic amines is 1. The minimum atomic E-state index is 0.0757. The van der Waals surface area contributed by atoms with Crippen molar-refractivity contribution in [2.24, 2.45) is 0 Å². The number of carbonyl (C=O) groups is 1. The second-order valence-electron chi connectivity index (χ2n) is 5.95. The predicted molar refractivity (Wildman–Crippen MR) is 102 cm³/mol. The molecule has 0 spiro atoms. The normalized spacial score (nSPS) is 17.1. The number of rotatable bonds is 7. The molecule has 0 saturated carbocycles. The van der Waals surface area contributed by atoms with Crippen LogP contribution in [0.15, 0.2) is 24.3 Å². The Labute approximate surface area is 150 Å². The Morgan fingerprint density at radius 1 is 1.42 bits per heavy atom. The van der Waals surface area contributed by atoms with Crippen LogP contribution in [0.1, 0.15) is 37.9 Å². The van der Waals surface area contributed by atoms with E-state index >= 15 is 0 Å². The average molecular weight is 363 g/mol. The van der Waals surface area contributed by atoms with Crippen LogP contribution in [-0.4, -0.2) is 32.1 Å². The molecule has 0 bridgehead atoms. The maximum atomic E-state index is 12.1.